The molecule has 1 aliphatic rings. The summed E-state index contributed by atoms with van der Waals surface area (Å²) >= 11 is 12.1. The highest BCUT2D eigenvalue weighted by molar-refractivity contribution is 6.34. The van der Waals surface area contributed by atoms with Crippen molar-refractivity contribution in [2.75, 3.05) is 6.61 Å². The first-order valence-corrected chi connectivity index (χ1v) is 9.77. The van der Waals surface area contributed by atoms with Crippen LogP contribution >= 0.6 is 23.2 Å². The number of nitrogens with zero attached hydrogens (tertiary/aromatic N) is 2. The Bertz CT molecular complexity index is 1020. The van der Waals surface area contributed by atoms with Crippen LogP contribution in [0.15, 0.2) is 60.7 Å². The maximum absolute atomic E-state index is 12.9. The summed E-state index contributed by atoms with van der Waals surface area (Å²) in [6, 6.07) is 11.0. The highest BCUT2D eigenvalue weighted by Crippen LogP contribution is 2.30. The number of rotatable bonds is 5. The van der Waals surface area contributed by atoms with Crippen LogP contribution in [-0.4, -0.2) is 21.9 Å². The highest BCUT2D eigenvalue weighted by Gasteiger charge is 2.22. The summed E-state index contributed by atoms with van der Waals surface area (Å²) in [4.78, 5) is 16.9. The first kappa shape index (κ1) is 18.8. The van der Waals surface area contributed by atoms with E-state index in [1.807, 2.05) is 35.0 Å². The number of allylic oxidation sites excluding steroid dienone is 1. The number of hydrogen-bond acceptors (Lipinski definition) is 3. The van der Waals surface area contributed by atoms with Crippen LogP contribution in [0.3, 0.4) is 0 Å². The molecule has 28 heavy (non-hydrogen) atoms. The number of benzene rings is 2. The van der Waals surface area contributed by atoms with Crippen molar-refractivity contribution in [3.05, 3.63) is 87.4 Å². The lowest BCUT2D eigenvalue weighted by Crippen LogP contribution is -2.14. The van der Waals surface area contributed by atoms with Gasteiger partial charge in [0.15, 0.2) is 5.78 Å². The number of Topliss-reactive ketones (excluding diaryl/α,β-unsaturated/α-hetero) is 1. The average molecular weight is 413 g/mol. The van der Waals surface area contributed by atoms with Gasteiger partial charge in [0.05, 0.1) is 12.9 Å². The Morgan fingerprint density at radius 1 is 1.11 bits per heavy atom. The largest absolute Gasteiger partial charge is 0.492 e. The van der Waals surface area contributed by atoms with Crippen LogP contribution in [0.25, 0.3) is 6.08 Å². The van der Waals surface area contributed by atoms with Gasteiger partial charge in [0.2, 0.25) is 0 Å². The van der Waals surface area contributed by atoms with Crippen molar-refractivity contribution < 1.29 is 9.53 Å². The summed E-state index contributed by atoms with van der Waals surface area (Å²) < 4.78 is 7.79. The second kappa shape index (κ2) is 8.21. The average Bonchev–Trinajstić information content (AvgIpc) is 3.17. The molecule has 0 spiro atoms. The number of carbonyl (C=O) groups is 1. The summed E-state index contributed by atoms with van der Waals surface area (Å²) in [5, 5.41) is 1.11. The summed E-state index contributed by atoms with van der Waals surface area (Å²) in [6.45, 7) is 1.27. The number of ketones is 1. The van der Waals surface area contributed by atoms with Crippen LogP contribution in [0.2, 0.25) is 10.0 Å². The van der Waals surface area contributed by atoms with E-state index in [1.165, 1.54) is 0 Å². The minimum absolute atomic E-state index is 0.0438. The molecule has 0 fully saturated rings. The van der Waals surface area contributed by atoms with Crippen molar-refractivity contribution in [3.8, 4) is 5.75 Å². The zero-order valence-electron chi connectivity index (χ0n) is 15.1. The lowest BCUT2D eigenvalue weighted by molar-refractivity contribution is 0.102. The van der Waals surface area contributed by atoms with Gasteiger partial charge in [-0.2, -0.15) is 0 Å². The topological polar surface area (TPSA) is 44.1 Å². The Morgan fingerprint density at radius 2 is 1.93 bits per heavy atom. The van der Waals surface area contributed by atoms with Gasteiger partial charge < -0.3 is 9.30 Å². The quantitative estimate of drug-likeness (QED) is 0.520. The van der Waals surface area contributed by atoms with Gasteiger partial charge in [-0.25, -0.2) is 4.98 Å². The Hall–Kier alpha value is -2.56. The molecule has 1 aromatic heterocycles. The standard InChI is InChI=1S/C22H18Cl2N2O2/c23-18-10-15(11-19(24)13-18)9-17-2-1-16-12-20(3-4-21(16)22(17)27)28-8-7-26-6-5-25-14-26/h3-6,9-14H,1-2,7-8H2/b17-9+. The van der Waals surface area contributed by atoms with E-state index in [-0.39, 0.29) is 5.78 Å². The molecule has 6 heteroatoms. The molecule has 0 radical (unpaired) electrons. The van der Waals surface area contributed by atoms with E-state index in [1.54, 1.807) is 30.7 Å². The van der Waals surface area contributed by atoms with Crippen molar-refractivity contribution in [2.45, 2.75) is 19.4 Å². The van der Waals surface area contributed by atoms with E-state index in [0.29, 0.717) is 23.1 Å². The van der Waals surface area contributed by atoms with Crippen LogP contribution in [0, 0.1) is 0 Å². The fraction of sp³-hybridized carbons (Fsp3) is 0.182. The molecule has 142 valence electrons. The SMILES string of the molecule is O=C1/C(=C/c2cc(Cl)cc(Cl)c2)CCc2cc(OCCn3ccnc3)ccc21. The molecule has 3 aromatic rings. The number of fused-ring (bicyclic) bond motifs is 1. The number of hydrogen-bond donors (Lipinski definition) is 0. The molecular weight excluding hydrogens is 395 g/mol. The molecule has 4 rings (SSSR count). The summed E-state index contributed by atoms with van der Waals surface area (Å²) in [5.41, 5.74) is 3.35. The van der Waals surface area contributed by atoms with Gasteiger partial charge in [-0.05, 0) is 66.4 Å². The monoisotopic (exact) mass is 412 g/mol. The molecule has 1 heterocycles. The number of aromatic nitrogens is 2. The highest BCUT2D eigenvalue weighted by atomic mass is 35.5. The van der Waals surface area contributed by atoms with Crippen molar-refractivity contribution in [3.63, 3.8) is 0 Å². The fourth-order valence-electron chi connectivity index (χ4n) is 3.33. The van der Waals surface area contributed by atoms with E-state index >= 15 is 0 Å². The van der Waals surface area contributed by atoms with Gasteiger partial charge in [-0.15, -0.1) is 0 Å². The van der Waals surface area contributed by atoms with Crippen LogP contribution < -0.4 is 4.74 Å². The minimum Gasteiger partial charge on any atom is -0.492 e. The van der Waals surface area contributed by atoms with Crippen molar-refractivity contribution in [2.24, 2.45) is 0 Å². The van der Waals surface area contributed by atoms with Crippen LogP contribution in [0.1, 0.15) is 27.9 Å². The van der Waals surface area contributed by atoms with E-state index in [0.717, 1.165) is 41.0 Å². The van der Waals surface area contributed by atoms with Gasteiger partial charge in [-0.1, -0.05) is 23.2 Å². The van der Waals surface area contributed by atoms with Gasteiger partial charge in [0.25, 0.3) is 0 Å². The van der Waals surface area contributed by atoms with Crippen molar-refractivity contribution >= 4 is 35.1 Å². The first-order valence-electron chi connectivity index (χ1n) is 9.01. The summed E-state index contributed by atoms with van der Waals surface area (Å²) in [6.07, 6.45) is 8.74. The van der Waals surface area contributed by atoms with Gasteiger partial charge in [0.1, 0.15) is 12.4 Å². The molecular formula is C22H18Cl2N2O2. The predicted molar refractivity (Wildman–Crippen MR) is 111 cm³/mol. The lowest BCUT2D eigenvalue weighted by Gasteiger charge is -2.19. The molecule has 2 aromatic carbocycles. The van der Waals surface area contributed by atoms with Crippen LogP contribution in [0.5, 0.6) is 5.75 Å². The summed E-state index contributed by atoms with van der Waals surface area (Å²) in [5.74, 6) is 0.822. The third kappa shape index (κ3) is 4.29. The van der Waals surface area contributed by atoms with Crippen LogP contribution in [-0.2, 0) is 13.0 Å². The molecule has 0 saturated carbocycles. The number of ether oxygens (including phenoxy) is 1. The molecule has 0 bridgehead atoms. The Labute approximate surface area is 173 Å². The van der Waals surface area contributed by atoms with E-state index < -0.39 is 0 Å². The van der Waals surface area contributed by atoms with Crippen molar-refractivity contribution in [1.29, 1.82) is 0 Å². The number of carbonyl (C=O) groups excluding carboxylic acids is 1. The molecule has 1 aliphatic carbocycles. The Morgan fingerprint density at radius 3 is 2.68 bits per heavy atom. The minimum atomic E-state index is 0.0438. The van der Waals surface area contributed by atoms with Crippen molar-refractivity contribution in [1.82, 2.24) is 9.55 Å². The normalized spacial score (nSPS) is 14.9. The Balaban J connectivity index is 1.48. The van der Waals surface area contributed by atoms with Crippen LogP contribution in [0.4, 0.5) is 0 Å². The molecule has 0 aliphatic heterocycles. The zero-order chi connectivity index (χ0) is 19.5. The molecule has 0 saturated heterocycles. The number of halogens is 2. The molecule has 0 unspecified atom stereocenters. The van der Waals surface area contributed by atoms with E-state index in [4.69, 9.17) is 27.9 Å². The second-order valence-corrected chi connectivity index (χ2v) is 7.54. The molecule has 4 nitrogen and oxygen atoms in total. The number of aryl methyl sites for hydroxylation is 1. The molecule has 0 N–H and O–H groups in total. The van der Waals surface area contributed by atoms with Gasteiger partial charge in [-0.3, -0.25) is 4.79 Å². The third-order valence-electron chi connectivity index (χ3n) is 4.68. The maximum atomic E-state index is 12.9. The van der Waals surface area contributed by atoms with Gasteiger partial charge in [0, 0.05) is 33.6 Å². The fourth-order valence-corrected chi connectivity index (χ4v) is 3.87. The lowest BCUT2D eigenvalue weighted by atomic mass is 9.86. The Kier molecular flexibility index (Phi) is 5.51. The first-order chi connectivity index (χ1) is 13.6. The third-order valence-corrected chi connectivity index (χ3v) is 5.12. The van der Waals surface area contributed by atoms with Gasteiger partial charge >= 0.3 is 0 Å². The molecule has 0 atom stereocenters. The molecule has 0 amide bonds. The smallest absolute Gasteiger partial charge is 0.189 e. The summed E-state index contributed by atoms with van der Waals surface area (Å²) in [7, 11) is 0. The van der Waals surface area contributed by atoms with E-state index in [2.05, 4.69) is 4.98 Å². The maximum Gasteiger partial charge on any atom is 0.189 e. The van der Waals surface area contributed by atoms with E-state index in [9.17, 15) is 4.79 Å². The number of imidazole rings is 1. The predicted octanol–water partition coefficient (Wildman–Crippen LogP) is 5.48. The second-order valence-electron chi connectivity index (χ2n) is 6.67. The zero-order valence-corrected chi connectivity index (χ0v) is 16.6.